The van der Waals surface area contributed by atoms with Gasteiger partial charge < -0.3 is 9.80 Å². The molecule has 1 aliphatic heterocycles. The van der Waals surface area contributed by atoms with E-state index >= 15 is 0 Å². The fraction of sp³-hybridized carbons (Fsp3) is 0.320. The van der Waals surface area contributed by atoms with Crippen LogP contribution >= 0.6 is 11.3 Å². The van der Waals surface area contributed by atoms with Crippen molar-refractivity contribution in [3.8, 4) is 0 Å². The molecular weight excluding hydrogens is 376 g/mol. The van der Waals surface area contributed by atoms with Gasteiger partial charge >= 0.3 is 0 Å². The Morgan fingerprint density at radius 3 is 2.48 bits per heavy atom. The average molecular weight is 405 g/mol. The molecule has 0 N–H and O–H groups in total. The average Bonchev–Trinajstić information content (AvgIpc) is 3.32. The number of hydrogen-bond acceptors (Lipinski definition) is 3. The molecule has 0 aliphatic carbocycles. The van der Waals surface area contributed by atoms with Crippen molar-refractivity contribution < 1.29 is 4.79 Å². The summed E-state index contributed by atoms with van der Waals surface area (Å²) in [6.45, 7) is 4.09. The van der Waals surface area contributed by atoms with Crippen LogP contribution < -0.4 is 4.90 Å². The number of carbonyl (C=O) groups is 1. The third kappa shape index (κ3) is 5.34. The monoisotopic (exact) mass is 404 g/mol. The molecule has 0 saturated carbocycles. The summed E-state index contributed by atoms with van der Waals surface area (Å²) in [5.74, 6) is 0.622. The first-order chi connectivity index (χ1) is 14.3. The summed E-state index contributed by atoms with van der Waals surface area (Å²) in [6, 6.07) is 24.7. The number of likely N-dealkylation sites (tertiary alicyclic amines) is 1. The van der Waals surface area contributed by atoms with E-state index < -0.39 is 0 Å². The lowest BCUT2D eigenvalue weighted by atomic mass is 9.96. The van der Waals surface area contributed by atoms with Crippen molar-refractivity contribution in [2.24, 2.45) is 5.92 Å². The van der Waals surface area contributed by atoms with E-state index in [4.69, 9.17) is 0 Å². The molecule has 1 atom stereocenters. The van der Waals surface area contributed by atoms with Crippen molar-refractivity contribution in [1.29, 1.82) is 0 Å². The van der Waals surface area contributed by atoms with Gasteiger partial charge in [0.2, 0.25) is 0 Å². The van der Waals surface area contributed by atoms with Crippen LogP contribution in [0.2, 0.25) is 0 Å². The summed E-state index contributed by atoms with van der Waals surface area (Å²) >= 11 is 1.52. The van der Waals surface area contributed by atoms with Gasteiger partial charge in [-0.3, -0.25) is 4.79 Å². The van der Waals surface area contributed by atoms with Gasteiger partial charge in [0.1, 0.15) is 0 Å². The largest absolute Gasteiger partial charge is 0.307 e. The number of rotatable bonds is 7. The molecule has 1 saturated heterocycles. The minimum Gasteiger partial charge on any atom is -0.307 e. The summed E-state index contributed by atoms with van der Waals surface area (Å²) in [4.78, 5) is 18.6. The van der Waals surface area contributed by atoms with E-state index in [9.17, 15) is 4.79 Å². The molecule has 29 heavy (non-hydrogen) atoms. The van der Waals surface area contributed by atoms with E-state index in [0.717, 1.165) is 43.2 Å². The lowest BCUT2D eigenvalue weighted by Crippen LogP contribution is -2.43. The highest BCUT2D eigenvalue weighted by Gasteiger charge is 2.26. The maximum atomic E-state index is 13.2. The first kappa shape index (κ1) is 19.9. The maximum Gasteiger partial charge on any atom is 0.268 e. The molecule has 3 nitrogen and oxygen atoms in total. The van der Waals surface area contributed by atoms with Gasteiger partial charge in [-0.05, 0) is 60.9 Å². The number of hydrogen-bond donors (Lipinski definition) is 0. The molecule has 3 aromatic rings. The fourth-order valence-electron chi connectivity index (χ4n) is 4.14. The smallest absolute Gasteiger partial charge is 0.268 e. The van der Waals surface area contributed by atoms with Crippen molar-refractivity contribution >= 4 is 22.9 Å². The lowest BCUT2D eigenvalue weighted by molar-refractivity contribution is 0.0977. The first-order valence-corrected chi connectivity index (χ1v) is 11.3. The Bertz CT molecular complexity index is 880. The summed E-state index contributed by atoms with van der Waals surface area (Å²) in [7, 11) is 0. The summed E-state index contributed by atoms with van der Waals surface area (Å²) in [6.07, 6.45) is 3.47. The molecule has 0 spiro atoms. The zero-order chi connectivity index (χ0) is 19.9. The molecule has 0 bridgehead atoms. The second-order valence-electron chi connectivity index (χ2n) is 7.77. The molecule has 2 aromatic carbocycles. The molecule has 1 amide bonds. The van der Waals surface area contributed by atoms with E-state index in [-0.39, 0.29) is 5.91 Å². The van der Waals surface area contributed by atoms with Crippen LogP contribution in [0.5, 0.6) is 0 Å². The normalized spacial score (nSPS) is 17.2. The van der Waals surface area contributed by atoms with E-state index in [2.05, 4.69) is 35.2 Å². The zero-order valence-corrected chi connectivity index (χ0v) is 17.6. The van der Waals surface area contributed by atoms with E-state index in [1.807, 2.05) is 52.7 Å². The van der Waals surface area contributed by atoms with Gasteiger partial charge in [-0.2, -0.15) is 0 Å². The molecule has 0 radical (unpaired) electrons. The van der Waals surface area contributed by atoms with Crippen LogP contribution in [0.15, 0.2) is 78.2 Å². The minimum absolute atomic E-state index is 0.118. The Morgan fingerprint density at radius 1 is 1.00 bits per heavy atom. The molecule has 4 rings (SSSR count). The summed E-state index contributed by atoms with van der Waals surface area (Å²) in [5, 5.41) is 1.97. The molecule has 1 aliphatic rings. The van der Waals surface area contributed by atoms with Gasteiger partial charge in [0.05, 0.1) is 4.88 Å². The molecule has 2 heterocycles. The van der Waals surface area contributed by atoms with Crippen molar-refractivity contribution in [2.75, 3.05) is 31.1 Å². The van der Waals surface area contributed by atoms with Crippen molar-refractivity contribution in [1.82, 2.24) is 4.90 Å². The second kappa shape index (κ2) is 9.86. The third-order valence-corrected chi connectivity index (χ3v) is 6.51. The van der Waals surface area contributed by atoms with Crippen molar-refractivity contribution in [3.63, 3.8) is 0 Å². The highest BCUT2D eigenvalue weighted by atomic mass is 32.1. The van der Waals surface area contributed by atoms with Crippen molar-refractivity contribution in [3.05, 3.63) is 88.6 Å². The lowest BCUT2D eigenvalue weighted by Gasteiger charge is -2.35. The highest BCUT2D eigenvalue weighted by Crippen LogP contribution is 2.24. The Morgan fingerprint density at radius 2 is 1.76 bits per heavy atom. The van der Waals surface area contributed by atoms with Gasteiger partial charge in [0.15, 0.2) is 0 Å². The Hall–Kier alpha value is -2.43. The van der Waals surface area contributed by atoms with Crippen molar-refractivity contribution in [2.45, 2.75) is 19.3 Å². The molecule has 1 fully saturated rings. The standard InChI is InChI=1S/C25H28N2OS/c28-25(24-14-8-18-29-24)27(23-12-5-2-6-13-23)20-22-11-7-16-26(19-22)17-15-21-9-3-1-4-10-21/h1-6,8-10,12-14,18,22H,7,11,15-17,19-20H2. The maximum absolute atomic E-state index is 13.2. The van der Waals surface area contributed by atoms with E-state index in [1.165, 1.54) is 29.7 Å². The number of anilines is 1. The predicted octanol–water partition coefficient (Wildman–Crippen LogP) is 5.35. The number of piperidine rings is 1. The Kier molecular flexibility index (Phi) is 6.75. The van der Waals surface area contributed by atoms with Crippen LogP contribution in [0.4, 0.5) is 5.69 Å². The van der Waals surface area contributed by atoms with Gasteiger partial charge in [-0.1, -0.05) is 54.6 Å². The molecule has 1 unspecified atom stereocenters. The third-order valence-electron chi connectivity index (χ3n) is 5.65. The molecule has 150 valence electrons. The summed E-state index contributed by atoms with van der Waals surface area (Å²) < 4.78 is 0. The van der Waals surface area contributed by atoms with Gasteiger partial charge in [-0.25, -0.2) is 0 Å². The zero-order valence-electron chi connectivity index (χ0n) is 16.7. The number of carbonyl (C=O) groups excluding carboxylic acids is 1. The fourth-order valence-corrected chi connectivity index (χ4v) is 4.81. The SMILES string of the molecule is O=C(c1cccs1)N(CC1CCCN(CCc2ccccc2)C1)c1ccccc1. The summed E-state index contributed by atoms with van der Waals surface area (Å²) in [5.41, 5.74) is 2.39. The molecule has 4 heteroatoms. The van der Waals surface area contributed by atoms with E-state index in [1.54, 1.807) is 0 Å². The van der Waals surface area contributed by atoms with Crippen LogP contribution in [-0.4, -0.2) is 37.0 Å². The highest BCUT2D eigenvalue weighted by molar-refractivity contribution is 7.12. The number of amides is 1. The number of para-hydroxylation sites is 1. The topological polar surface area (TPSA) is 23.6 Å². The quantitative estimate of drug-likeness (QED) is 0.530. The van der Waals surface area contributed by atoms with Crippen LogP contribution in [0, 0.1) is 5.92 Å². The number of nitrogens with zero attached hydrogens (tertiary/aromatic N) is 2. The van der Waals surface area contributed by atoms with E-state index in [0.29, 0.717) is 5.92 Å². The van der Waals surface area contributed by atoms with Gasteiger partial charge in [0.25, 0.3) is 5.91 Å². The number of benzene rings is 2. The Balaban J connectivity index is 1.42. The van der Waals surface area contributed by atoms with Crippen LogP contribution in [0.25, 0.3) is 0 Å². The van der Waals surface area contributed by atoms with Crippen LogP contribution in [-0.2, 0) is 6.42 Å². The Labute approximate surface area is 177 Å². The van der Waals surface area contributed by atoms with Gasteiger partial charge in [0, 0.05) is 25.3 Å². The first-order valence-electron chi connectivity index (χ1n) is 10.5. The minimum atomic E-state index is 0.118. The van der Waals surface area contributed by atoms with Gasteiger partial charge in [-0.15, -0.1) is 11.3 Å². The molecule has 1 aromatic heterocycles. The molecular formula is C25H28N2OS. The number of thiophene rings is 1. The predicted molar refractivity (Wildman–Crippen MR) is 122 cm³/mol. The van der Waals surface area contributed by atoms with Crippen LogP contribution in [0.1, 0.15) is 28.1 Å². The second-order valence-corrected chi connectivity index (χ2v) is 8.72. The van der Waals surface area contributed by atoms with Crippen LogP contribution in [0.3, 0.4) is 0 Å².